The Labute approximate surface area is 128 Å². The normalized spacial score (nSPS) is 10.0. The van der Waals surface area contributed by atoms with Crippen LogP contribution < -0.4 is 9.79 Å². The van der Waals surface area contributed by atoms with Crippen molar-refractivity contribution in [3.63, 3.8) is 0 Å². The molecule has 0 saturated carbocycles. The average Bonchev–Trinajstić information content (AvgIpc) is 2.95. The first kappa shape index (κ1) is 13.9. The predicted molar refractivity (Wildman–Crippen MR) is 79.3 cm³/mol. The Kier molecular flexibility index (Phi) is 3.88. The summed E-state index contributed by atoms with van der Waals surface area (Å²) in [5.74, 6) is 5.30. The summed E-state index contributed by atoms with van der Waals surface area (Å²) in [5.41, 5.74) is 3.04. The monoisotopic (exact) mass is 290 g/mol. The van der Waals surface area contributed by atoms with Gasteiger partial charge in [0.25, 0.3) is 0 Å². The van der Waals surface area contributed by atoms with E-state index in [1.165, 1.54) is 10.2 Å². The standard InChI is InChI=1S/C18H14N2O2/c1-2-14-8-10-15(11-9-14)12-13-17-18(21)22-19-20(17)16-6-4-3-5-7-16/h3-11H,2H2,1H3. The predicted octanol–water partition coefficient (Wildman–Crippen LogP) is 1.99. The van der Waals surface area contributed by atoms with Gasteiger partial charge in [-0.05, 0) is 28.8 Å². The molecule has 3 aromatic rings. The van der Waals surface area contributed by atoms with Crippen LogP contribution in [0.15, 0.2) is 59.1 Å². The van der Waals surface area contributed by atoms with Crippen molar-refractivity contribution in [2.75, 3.05) is 0 Å². The molecule has 0 spiro atoms. The maximum Gasteiger partial charge on any atom is 0.314 e. The smallest absolute Gasteiger partial charge is 0.314 e. The Balaban J connectivity index is 1.96. The molecule has 22 heavy (non-hydrogen) atoms. The van der Waals surface area contributed by atoms with E-state index in [1.54, 1.807) is 0 Å². The fourth-order valence-electron chi connectivity index (χ4n) is 2.05. The average molecular weight is 290 g/mol. The van der Waals surface area contributed by atoms with Gasteiger partial charge in [0.2, 0.25) is 5.69 Å². The van der Waals surface area contributed by atoms with Crippen LogP contribution in [0.1, 0.15) is 23.7 Å². The van der Waals surface area contributed by atoms with Crippen LogP contribution in [0.25, 0.3) is 5.69 Å². The summed E-state index contributed by atoms with van der Waals surface area (Å²) in [4.78, 5) is 0. The number of rotatable bonds is 2. The van der Waals surface area contributed by atoms with Gasteiger partial charge in [-0.2, -0.15) is 0 Å². The number of benzene rings is 2. The van der Waals surface area contributed by atoms with Crippen molar-refractivity contribution in [3.05, 3.63) is 71.4 Å². The zero-order valence-electron chi connectivity index (χ0n) is 12.1. The zero-order chi connectivity index (χ0) is 15.4. The van der Waals surface area contributed by atoms with Crippen molar-refractivity contribution in [1.82, 2.24) is 5.27 Å². The lowest BCUT2D eigenvalue weighted by Gasteiger charge is -1.95. The lowest BCUT2D eigenvalue weighted by Crippen LogP contribution is -2.35. The van der Waals surface area contributed by atoms with Crippen molar-refractivity contribution in [2.45, 2.75) is 13.3 Å². The minimum atomic E-state index is -0.540. The Morgan fingerprint density at radius 1 is 1.05 bits per heavy atom. The van der Waals surface area contributed by atoms with E-state index in [0.717, 1.165) is 17.7 Å². The molecule has 0 aliphatic carbocycles. The molecule has 0 N–H and O–H groups in total. The van der Waals surface area contributed by atoms with Crippen LogP contribution in [-0.4, -0.2) is 5.27 Å². The van der Waals surface area contributed by atoms with Gasteiger partial charge in [-0.25, -0.2) is 0 Å². The van der Waals surface area contributed by atoms with Crippen molar-refractivity contribution >= 4 is 0 Å². The number of nitrogens with zero attached hydrogens (tertiary/aromatic N) is 2. The maximum atomic E-state index is 11.8. The first-order chi connectivity index (χ1) is 10.8. The maximum absolute atomic E-state index is 11.8. The molecule has 2 aromatic carbocycles. The molecule has 0 aliphatic rings. The van der Waals surface area contributed by atoms with E-state index in [1.807, 2.05) is 54.6 Å². The zero-order valence-corrected chi connectivity index (χ0v) is 12.1. The lowest BCUT2D eigenvalue weighted by atomic mass is 10.1. The third-order valence-corrected chi connectivity index (χ3v) is 3.30. The lowest BCUT2D eigenvalue weighted by molar-refractivity contribution is -0.672. The minimum absolute atomic E-state index is 0.214. The third-order valence-electron chi connectivity index (χ3n) is 3.30. The van der Waals surface area contributed by atoms with Gasteiger partial charge in [-0.1, -0.05) is 43.2 Å². The highest BCUT2D eigenvalue weighted by atomic mass is 16.6. The second-order valence-corrected chi connectivity index (χ2v) is 4.76. The molecule has 0 radical (unpaired) electrons. The fraction of sp³-hybridized carbons (Fsp3) is 0.111. The molecule has 0 fully saturated rings. The Morgan fingerprint density at radius 3 is 2.45 bits per heavy atom. The Bertz CT molecular complexity index is 825. The second kappa shape index (κ2) is 6.15. The largest absolute Gasteiger partial charge is 0.538 e. The van der Waals surface area contributed by atoms with Crippen molar-refractivity contribution < 1.29 is 14.3 Å². The van der Waals surface area contributed by atoms with Gasteiger partial charge in [0.1, 0.15) is 0 Å². The Hall–Kier alpha value is -3.06. The van der Waals surface area contributed by atoms with E-state index >= 15 is 0 Å². The summed E-state index contributed by atoms with van der Waals surface area (Å²) in [5, 5.41) is 15.5. The molecule has 1 heterocycles. The summed E-state index contributed by atoms with van der Waals surface area (Å²) in [6, 6.07) is 17.2. The summed E-state index contributed by atoms with van der Waals surface area (Å²) < 4.78 is 6.14. The minimum Gasteiger partial charge on any atom is -0.538 e. The molecule has 0 atom stereocenters. The summed E-state index contributed by atoms with van der Waals surface area (Å²) >= 11 is 0. The topological polar surface area (TPSA) is 53.0 Å². The van der Waals surface area contributed by atoms with Gasteiger partial charge in [0, 0.05) is 23.6 Å². The van der Waals surface area contributed by atoms with E-state index in [-0.39, 0.29) is 5.69 Å². The molecule has 1 aromatic heterocycles. The molecular formula is C18H14N2O2. The van der Waals surface area contributed by atoms with Crippen LogP contribution in [0, 0.1) is 11.8 Å². The number of aromatic nitrogens is 2. The molecule has 0 amide bonds. The van der Waals surface area contributed by atoms with Gasteiger partial charge in [-0.3, -0.25) is 0 Å². The van der Waals surface area contributed by atoms with Crippen LogP contribution in [0.2, 0.25) is 0 Å². The number of hydrogen-bond donors (Lipinski definition) is 0. The van der Waals surface area contributed by atoms with Crippen molar-refractivity contribution in [3.8, 4) is 23.5 Å². The van der Waals surface area contributed by atoms with Crippen LogP contribution in [0.4, 0.5) is 0 Å². The third kappa shape index (κ3) is 2.84. The van der Waals surface area contributed by atoms with Gasteiger partial charge in [0.15, 0.2) is 5.95 Å². The van der Waals surface area contributed by atoms with Crippen LogP contribution >= 0.6 is 0 Å². The molecule has 0 bridgehead atoms. The van der Waals surface area contributed by atoms with E-state index in [9.17, 15) is 5.11 Å². The SMILES string of the molecule is CCc1ccc(C#Cc2c([O-])on[n+]2-c2ccccc2)cc1. The molecule has 0 aliphatic heterocycles. The highest BCUT2D eigenvalue weighted by Crippen LogP contribution is 2.09. The summed E-state index contributed by atoms with van der Waals surface area (Å²) in [6.07, 6.45) is 0.984. The highest BCUT2D eigenvalue weighted by Gasteiger charge is 2.17. The van der Waals surface area contributed by atoms with Gasteiger partial charge in [0.05, 0.1) is 5.27 Å². The van der Waals surface area contributed by atoms with Crippen molar-refractivity contribution in [2.24, 2.45) is 0 Å². The van der Waals surface area contributed by atoms with Gasteiger partial charge >= 0.3 is 5.69 Å². The summed E-state index contributed by atoms with van der Waals surface area (Å²) in [6.45, 7) is 2.10. The molecule has 0 saturated heterocycles. The second-order valence-electron chi connectivity index (χ2n) is 4.76. The van der Waals surface area contributed by atoms with Crippen LogP contribution in [0.5, 0.6) is 5.95 Å². The van der Waals surface area contributed by atoms with Crippen LogP contribution in [-0.2, 0) is 6.42 Å². The fourth-order valence-corrected chi connectivity index (χ4v) is 2.05. The van der Waals surface area contributed by atoms with E-state index in [2.05, 4.69) is 24.0 Å². The quantitative estimate of drug-likeness (QED) is 0.536. The van der Waals surface area contributed by atoms with Gasteiger partial charge in [-0.15, -0.1) is 0 Å². The molecule has 4 heteroatoms. The number of aryl methyl sites for hydroxylation is 1. The first-order valence-electron chi connectivity index (χ1n) is 7.03. The van der Waals surface area contributed by atoms with Crippen LogP contribution in [0.3, 0.4) is 0 Å². The van der Waals surface area contributed by atoms with Crippen molar-refractivity contribution in [1.29, 1.82) is 0 Å². The highest BCUT2D eigenvalue weighted by molar-refractivity contribution is 5.41. The molecule has 3 rings (SSSR count). The number of hydrogen-bond acceptors (Lipinski definition) is 3. The first-order valence-corrected chi connectivity index (χ1v) is 7.03. The van der Waals surface area contributed by atoms with E-state index in [4.69, 9.17) is 4.52 Å². The number of para-hydroxylation sites is 1. The molecule has 108 valence electrons. The van der Waals surface area contributed by atoms with E-state index < -0.39 is 5.95 Å². The summed E-state index contributed by atoms with van der Waals surface area (Å²) in [7, 11) is 0. The van der Waals surface area contributed by atoms with E-state index in [0.29, 0.717) is 0 Å². The molecule has 4 nitrogen and oxygen atoms in total. The Morgan fingerprint density at radius 2 is 1.77 bits per heavy atom. The van der Waals surface area contributed by atoms with Gasteiger partial charge < -0.3 is 9.63 Å². The molecule has 0 unspecified atom stereocenters. The molecular weight excluding hydrogens is 276 g/mol.